The molecule has 0 aromatic carbocycles. The molecule has 1 heterocycles. The molecule has 1 saturated carbocycles. The molecule has 0 aliphatic heterocycles. The highest BCUT2D eigenvalue weighted by Gasteiger charge is 2.39. The van der Waals surface area contributed by atoms with E-state index in [0.717, 1.165) is 24.8 Å². The van der Waals surface area contributed by atoms with Gasteiger partial charge in [0.05, 0.1) is 24.3 Å². The molecule has 0 spiro atoms. The van der Waals surface area contributed by atoms with Gasteiger partial charge in [0, 0.05) is 18.9 Å². The fourth-order valence-corrected chi connectivity index (χ4v) is 2.19. The largest absolute Gasteiger partial charge is 0.378 e. The van der Waals surface area contributed by atoms with Crippen molar-refractivity contribution in [2.45, 2.75) is 44.2 Å². The molecule has 1 atom stereocenters. The molecule has 1 aliphatic carbocycles. The van der Waals surface area contributed by atoms with Gasteiger partial charge in [-0.15, -0.1) is 0 Å². The molecule has 0 saturated heterocycles. The average Bonchev–Trinajstić information content (AvgIpc) is 2.76. The number of rotatable bonds is 5. The molecule has 1 aromatic rings. The summed E-state index contributed by atoms with van der Waals surface area (Å²) >= 11 is 0. The van der Waals surface area contributed by atoms with E-state index in [1.807, 2.05) is 6.92 Å². The van der Waals surface area contributed by atoms with Gasteiger partial charge in [0.25, 0.3) is 0 Å². The number of hydrogen-bond acceptors (Lipinski definition) is 3. The molecule has 2 rings (SSSR count). The zero-order chi connectivity index (χ0) is 12.3. The summed E-state index contributed by atoms with van der Waals surface area (Å²) in [6, 6.07) is -0.0183. The molecule has 1 amide bonds. The van der Waals surface area contributed by atoms with Crippen molar-refractivity contribution in [3.8, 4) is 0 Å². The summed E-state index contributed by atoms with van der Waals surface area (Å²) in [6.45, 7) is 1.95. The van der Waals surface area contributed by atoms with Crippen molar-refractivity contribution in [1.29, 1.82) is 0 Å². The lowest BCUT2D eigenvalue weighted by atomic mass is 9.77. The van der Waals surface area contributed by atoms with Crippen molar-refractivity contribution >= 4 is 5.91 Å². The summed E-state index contributed by atoms with van der Waals surface area (Å²) < 4.78 is 5.44. The Kier molecular flexibility index (Phi) is 3.47. The Balaban J connectivity index is 1.85. The second-order valence-corrected chi connectivity index (χ2v) is 4.74. The number of aromatic amines is 1. The van der Waals surface area contributed by atoms with Gasteiger partial charge in [-0.2, -0.15) is 5.10 Å². The summed E-state index contributed by atoms with van der Waals surface area (Å²) in [5.74, 6) is 0.0419. The van der Waals surface area contributed by atoms with Gasteiger partial charge in [-0.05, 0) is 26.2 Å². The Morgan fingerprint density at radius 2 is 2.47 bits per heavy atom. The third-order valence-corrected chi connectivity index (χ3v) is 3.58. The maximum Gasteiger partial charge on any atom is 0.223 e. The van der Waals surface area contributed by atoms with E-state index in [-0.39, 0.29) is 17.6 Å². The summed E-state index contributed by atoms with van der Waals surface area (Å²) in [5, 5.41) is 9.57. The van der Waals surface area contributed by atoms with E-state index < -0.39 is 0 Å². The standard InChI is InChI=1S/C12H19N3O2/c1-9(10-7-13-14-8-10)15-11(16)6-12(17-2)4-3-5-12/h7-9H,3-6H2,1-2H3,(H,13,14)(H,15,16). The lowest BCUT2D eigenvalue weighted by Crippen LogP contribution is -2.44. The predicted octanol–water partition coefficient (Wildman–Crippen LogP) is 1.55. The number of nitrogens with zero attached hydrogens (tertiary/aromatic N) is 1. The Bertz CT molecular complexity index is 366. The van der Waals surface area contributed by atoms with Gasteiger partial charge in [-0.25, -0.2) is 0 Å². The van der Waals surface area contributed by atoms with Crippen LogP contribution in [0.5, 0.6) is 0 Å². The zero-order valence-electron chi connectivity index (χ0n) is 10.3. The maximum absolute atomic E-state index is 11.9. The summed E-state index contributed by atoms with van der Waals surface area (Å²) in [4.78, 5) is 11.9. The number of ether oxygens (including phenoxy) is 1. The van der Waals surface area contributed by atoms with E-state index in [1.165, 1.54) is 0 Å². The SMILES string of the molecule is COC1(CC(=O)NC(C)c2cn[nH]c2)CCC1. The number of amides is 1. The molecule has 5 heteroatoms. The fourth-order valence-electron chi connectivity index (χ4n) is 2.19. The van der Waals surface area contributed by atoms with Crippen LogP contribution >= 0.6 is 0 Å². The van der Waals surface area contributed by atoms with Crippen molar-refractivity contribution in [2.75, 3.05) is 7.11 Å². The van der Waals surface area contributed by atoms with Crippen molar-refractivity contribution in [3.63, 3.8) is 0 Å². The van der Waals surface area contributed by atoms with Crippen molar-refractivity contribution < 1.29 is 9.53 Å². The van der Waals surface area contributed by atoms with Crippen LogP contribution in [0.1, 0.15) is 44.2 Å². The van der Waals surface area contributed by atoms with Gasteiger partial charge in [0.2, 0.25) is 5.91 Å². The predicted molar refractivity (Wildman–Crippen MR) is 63.4 cm³/mol. The van der Waals surface area contributed by atoms with Crippen LogP contribution in [0.15, 0.2) is 12.4 Å². The minimum Gasteiger partial charge on any atom is -0.378 e. The molecule has 17 heavy (non-hydrogen) atoms. The lowest BCUT2D eigenvalue weighted by Gasteiger charge is -2.40. The van der Waals surface area contributed by atoms with E-state index in [0.29, 0.717) is 6.42 Å². The smallest absolute Gasteiger partial charge is 0.223 e. The third kappa shape index (κ3) is 2.66. The van der Waals surface area contributed by atoms with Crippen LogP contribution < -0.4 is 5.32 Å². The molecule has 0 radical (unpaired) electrons. The zero-order valence-corrected chi connectivity index (χ0v) is 10.3. The van der Waals surface area contributed by atoms with Crippen LogP contribution in [0.2, 0.25) is 0 Å². The van der Waals surface area contributed by atoms with Gasteiger partial charge < -0.3 is 10.1 Å². The first-order valence-corrected chi connectivity index (χ1v) is 5.98. The van der Waals surface area contributed by atoms with E-state index in [2.05, 4.69) is 15.5 Å². The molecule has 0 bridgehead atoms. The first kappa shape index (κ1) is 12.1. The summed E-state index contributed by atoms with van der Waals surface area (Å²) in [5.41, 5.74) is 0.777. The molecule has 1 unspecified atom stereocenters. The van der Waals surface area contributed by atoms with Crippen LogP contribution in [0.3, 0.4) is 0 Å². The number of hydrogen-bond donors (Lipinski definition) is 2. The number of aromatic nitrogens is 2. The van der Waals surface area contributed by atoms with Gasteiger partial charge in [0.1, 0.15) is 0 Å². The van der Waals surface area contributed by atoms with Gasteiger partial charge in [-0.3, -0.25) is 9.89 Å². The second-order valence-electron chi connectivity index (χ2n) is 4.74. The number of H-pyrrole nitrogens is 1. The molecular formula is C12H19N3O2. The monoisotopic (exact) mass is 237 g/mol. The Morgan fingerprint density at radius 1 is 1.71 bits per heavy atom. The summed E-state index contributed by atoms with van der Waals surface area (Å²) in [6.07, 6.45) is 7.08. The molecule has 94 valence electrons. The van der Waals surface area contributed by atoms with Crippen LogP contribution in [-0.4, -0.2) is 28.8 Å². The highest BCUT2D eigenvalue weighted by molar-refractivity contribution is 5.77. The quantitative estimate of drug-likeness (QED) is 0.816. The average molecular weight is 237 g/mol. The Morgan fingerprint density at radius 3 is 2.94 bits per heavy atom. The minimum atomic E-state index is -0.208. The minimum absolute atomic E-state index is 0.0183. The second kappa shape index (κ2) is 4.87. The van der Waals surface area contributed by atoms with E-state index in [1.54, 1.807) is 19.5 Å². The van der Waals surface area contributed by atoms with Gasteiger partial charge in [0.15, 0.2) is 0 Å². The normalized spacial score (nSPS) is 19.4. The first-order chi connectivity index (χ1) is 8.15. The number of nitrogens with one attached hydrogen (secondary N) is 2. The summed E-state index contributed by atoms with van der Waals surface area (Å²) in [7, 11) is 1.69. The van der Waals surface area contributed by atoms with Crippen LogP contribution in [0.4, 0.5) is 0 Å². The topological polar surface area (TPSA) is 67.0 Å². The fraction of sp³-hybridized carbons (Fsp3) is 0.667. The number of methoxy groups -OCH3 is 1. The highest BCUT2D eigenvalue weighted by Crippen LogP contribution is 2.37. The number of carbonyl (C=O) groups is 1. The molecule has 1 aliphatic rings. The van der Waals surface area contributed by atoms with Crippen molar-refractivity contribution in [2.24, 2.45) is 0 Å². The molecule has 5 nitrogen and oxygen atoms in total. The molecule has 1 aromatic heterocycles. The maximum atomic E-state index is 11.9. The van der Waals surface area contributed by atoms with Gasteiger partial charge in [-0.1, -0.05) is 0 Å². The molecule has 1 fully saturated rings. The number of carbonyl (C=O) groups excluding carboxylic acids is 1. The first-order valence-electron chi connectivity index (χ1n) is 5.98. The van der Waals surface area contributed by atoms with Crippen LogP contribution in [0.25, 0.3) is 0 Å². The van der Waals surface area contributed by atoms with Crippen molar-refractivity contribution in [1.82, 2.24) is 15.5 Å². The van der Waals surface area contributed by atoms with Crippen LogP contribution in [0, 0.1) is 0 Å². The molecule has 2 N–H and O–H groups in total. The third-order valence-electron chi connectivity index (χ3n) is 3.58. The van der Waals surface area contributed by atoms with E-state index >= 15 is 0 Å². The van der Waals surface area contributed by atoms with E-state index in [4.69, 9.17) is 4.74 Å². The Labute approximate surface area is 101 Å². The Hall–Kier alpha value is -1.36. The van der Waals surface area contributed by atoms with Gasteiger partial charge >= 0.3 is 0 Å². The van der Waals surface area contributed by atoms with Crippen LogP contribution in [-0.2, 0) is 9.53 Å². The van der Waals surface area contributed by atoms with E-state index in [9.17, 15) is 4.79 Å². The van der Waals surface area contributed by atoms with Crippen molar-refractivity contribution in [3.05, 3.63) is 18.0 Å². The molecular weight excluding hydrogens is 218 g/mol. The lowest BCUT2D eigenvalue weighted by molar-refractivity contribution is -0.134. The highest BCUT2D eigenvalue weighted by atomic mass is 16.5.